The minimum Gasteiger partial charge on any atom is -0.352 e. The number of nitrogens with zero attached hydrogens (tertiary/aromatic N) is 1. The van der Waals surface area contributed by atoms with Gasteiger partial charge >= 0.3 is 0 Å². The third-order valence-corrected chi connectivity index (χ3v) is 8.05. The van der Waals surface area contributed by atoms with Gasteiger partial charge in [-0.3, -0.25) is 14.4 Å². The Kier molecular flexibility index (Phi) is 7.31. The van der Waals surface area contributed by atoms with E-state index in [1.165, 1.54) is 0 Å². The van der Waals surface area contributed by atoms with Gasteiger partial charge in [-0.05, 0) is 55.8 Å². The number of carbonyl (C=O) groups is 3. The Morgan fingerprint density at radius 3 is 2.69 bits per heavy atom. The van der Waals surface area contributed by atoms with Crippen molar-refractivity contribution in [1.82, 2.24) is 5.32 Å². The lowest BCUT2D eigenvalue weighted by molar-refractivity contribution is -0.165. The van der Waals surface area contributed by atoms with Crippen molar-refractivity contribution in [3.05, 3.63) is 0 Å². The Balaban J connectivity index is 1.34. The van der Waals surface area contributed by atoms with Crippen molar-refractivity contribution in [2.45, 2.75) is 77.5 Å². The molecule has 2 saturated carbocycles. The molecule has 0 radical (unpaired) electrons. The third-order valence-electron chi connectivity index (χ3n) is 8.05. The van der Waals surface area contributed by atoms with E-state index in [9.17, 15) is 19.6 Å². The highest BCUT2D eigenvalue weighted by Gasteiger charge is 2.54. The fraction of sp³-hybridized carbons (Fsp3) is 0.840. The van der Waals surface area contributed by atoms with Gasteiger partial charge in [0.15, 0.2) is 6.29 Å². The maximum Gasteiger partial charge on any atom is 0.224 e. The lowest BCUT2D eigenvalue weighted by atomic mass is 9.82. The van der Waals surface area contributed by atoms with Crippen molar-refractivity contribution in [1.29, 1.82) is 5.26 Å². The molecule has 7 nitrogen and oxygen atoms in total. The van der Waals surface area contributed by atoms with Gasteiger partial charge in [-0.2, -0.15) is 5.26 Å². The van der Waals surface area contributed by atoms with Gasteiger partial charge < -0.3 is 14.8 Å². The molecule has 2 saturated heterocycles. The predicted molar refractivity (Wildman–Crippen MR) is 116 cm³/mol. The average molecular weight is 445 g/mol. The number of carbonyl (C=O) groups excluding carboxylic acids is 3. The van der Waals surface area contributed by atoms with Crippen LogP contribution in [0.1, 0.15) is 65.2 Å². The first-order valence-electron chi connectivity index (χ1n) is 12.3. The molecule has 8 atom stereocenters. The summed E-state index contributed by atoms with van der Waals surface area (Å²) >= 11 is 0. The van der Waals surface area contributed by atoms with Crippen LogP contribution < -0.4 is 5.32 Å². The molecule has 0 aromatic carbocycles. The molecule has 2 aliphatic carbocycles. The molecular weight excluding hydrogens is 408 g/mol. The molecule has 32 heavy (non-hydrogen) atoms. The van der Waals surface area contributed by atoms with Crippen LogP contribution in [0.25, 0.3) is 0 Å². The number of Topliss-reactive ketones (excluding diaryl/α,β-unsaturated/α-hetero) is 2. The van der Waals surface area contributed by atoms with Gasteiger partial charge in [0.25, 0.3) is 0 Å². The fourth-order valence-electron chi connectivity index (χ4n) is 6.48. The molecule has 4 fully saturated rings. The van der Waals surface area contributed by atoms with Gasteiger partial charge in [0.05, 0.1) is 19.3 Å². The number of hydrogen-bond acceptors (Lipinski definition) is 6. The monoisotopic (exact) mass is 444 g/mol. The first-order chi connectivity index (χ1) is 15.4. The van der Waals surface area contributed by atoms with Gasteiger partial charge in [0, 0.05) is 37.0 Å². The topological polar surface area (TPSA) is 105 Å². The molecule has 2 bridgehead atoms. The fourth-order valence-corrected chi connectivity index (χ4v) is 6.48. The second kappa shape index (κ2) is 10.0. The highest BCUT2D eigenvalue weighted by molar-refractivity contribution is 5.87. The van der Waals surface area contributed by atoms with E-state index in [0.29, 0.717) is 56.7 Å². The summed E-state index contributed by atoms with van der Waals surface area (Å²) in [5.74, 6) is 1.26. The van der Waals surface area contributed by atoms with E-state index in [4.69, 9.17) is 9.47 Å². The van der Waals surface area contributed by atoms with Crippen LogP contribution in [0, 0.1) is 52.8 Å². The second-order valence-electron chi connectivity index (χ2n) is 10.8. The minimum absolute atomic E-state index is 0.0921. The van der Waals surface area contributed by atoms with E-state index < -0.39 is 12.0 Å². The highest BCUT2D eigenvalue weighted by atomic mass is 16.7. The quantitative estimate of drug-likeness (QED) is 0.555. The van der Waals surface area contributed by atoms with Crippen LogP contribution in [-0.4, -0.2) is 43.0 Å². The van der Waals surface area contributed by atoms with E-state index in [1.54, 1.807) is 0 Å². The van der Waals surface area contributed by atoms with Crippen molar-refractivity contribution in [3.63, 3.8) is 0 Å². The van der Waals surface area contributed by atoms with Crippen molar-refractivity contribution < 1.29 is 23.9 Å². The standard InChI is InChI=1S/C25H36N2O5/c1-14(2)6-16(24(30)27-18(11-26)7-15-4-3-5-23(15)29)8-19(28)10-20-17-9-21-22(20)13-32-25(21)31-12-17/h14-18,20-22,25H,3-10,12-13H2,1-2H3,(H,27,30)/t15-,16+,17?,18-,20-,21?,22?,25-/m0/s1. The summed E-state index contributed by atoms with van der Waals surface area (Å²) in [6.45, 7) is 5.41. The first-order valence-corrected chi connectivity index (χ1v) is 12.3. The number of ether oxygens (including phenoxy) is 2. The van der Waals surface area contributed by atoms with Crippen LogP contribution in [0.15, 0.2) is 0 Å². The lowest BCUT2D eigenvalue weighted by Gasteiger charge is -2.28. The Morgan fingerprint density at radius 2 is 2.00 bits per heavy atom. The van der Waals surface area contributed by atoms with E-state index >= 15 is 0 Å². The third kappa shape index (κ3) is 5.07. The largest absolute Gasteiger partial charge is 0.352 e. The molecule has 0 aromatic heterocycles. The zero-order valence-corrected chi connectivity index (χ0v) is 19.3. The summed E-state index contributed by atoms with van der Waals surface area (Å²) in [6.07, 6.45) is 4.87. The normalized spacial score (nSPS) is 35.0. The van der Waals surface area contributed by atoms with Crippen LogP contribution in [0.4, 0.5) is 0 Å². The molecule has 3 unspecified atom stereocenters. The van der Waals surface area contributed by atoms with E-state index in [0.717, 1.165) is 19.3 Å². The van der Waals surface area contributed by atoms with E-state index in [1.807, 2.05) is 13.8 Å². The lowest BCUT2D eigenvalue weighted by Crippen LogP contribution is -2.40. The zero-order valence-electron chi connectivity index (χ0n) is 19.3. The molecule has 0 spiro atoms. The number of ketones is 2. The molecule has 2 heterocycles. The maximum atomic E-state index is 13.1. The van der Waals surface area contributed by atoms with E-state index in [-0.39, 0.29) is 47.9 Å². The SMILES string of the molecule is CC(C)C[C@H](CC(=O)C[C@H]1C2CO[C@H]3OCC1C3C2)C(=O)N[C@H](C#N)C[C@@H]1CCCC1=O. The summed E-state index contributed by atoms with van der Waals surface area (Å²) < 4.78 is 11.6. The number of nitriles is 1. The first kappa shape index (κ1) is 23.4. The summed E-state index contributed by atoms with van der Waals surface area (Å²) in [7, 11) is 0. The van der Waals surface area contributed by atoms with Crippen molar-refractivity contribution in [3.8, 4) is 6.07 Å². The van der Waals surface area contributed by atoms with Crippen LogP contribution in [-0.2, 0) is 23.9 Å². The average Bonchev–Trinajstić information content (AvgIpc) is 3.41. The molecule has 1 amide bonds. The van der Waals surface area contributed by atoms with Gasteiger partial charge in [0.1, 0.15) is 17.6 Å². The van der Waals surface area contributed by atoms with Gasteiger partial charge in [-0.1, -0.05) is 13.8 Å². The van der Waals surface area contributed by atoms with Crippen LogP contribution in [0.2, 0.25) is 0 Å². The molecule has 7 heteroatoms. The molecule has 1 N–H and O–H groups in total. The zero-order chi connectivity index (χ0) is 22.8. The smallest absolute Gasteiger partial charge is 0.224 e. The molecule has 4 aliphatic rings. The van der Waals surface area contributed by atoms with Crippen LogP contribution in [0.3, 0.4) is 0 Å². The van der Waals surface area contributed by atoms with E-state index in [2.05, 4.69) is 11.4 Å². The predicted octanol–water partition coefficient (Wildman–Crippen LogP) is 3.02. The Hall–Kier alpha value is -1.78. The highest BCUT2D eigenvalue weighted by Crippen LogP contribution is 2.53. The van der Waals surface area contributed by atoms with Crippen molar-refractivity contribution >= 4 is 17.5 Å². The summed E-state index contributed by atoms with van der Waals surface area (Å²) in [5.41, 5.74) is 0. The number of nitrogens with one attached hydrogen (secondary N) is 1. The van der Waals surface area contributed by atoms with Crippen molar-refractivity contribution in [2.75, 3.05) is 13.2 Å². The number of rotatable bonds is 10. The molecule has 0 aromatic rings. The molecular formula is C25H36N2O5. The maximum absolute atomic E-state index is 13.1. The second-order valence-corrected chi connectivity index (χ2v) is 10.8. The molecule has 176 valence electrons. The van der Waals surface area contributed by atoms with Gasteiger partial charge in [0.2, 0.25) is 5.91 Å². The minimum atomic E-state index is -0.682. The molecule has 4 rings (SSSR count). The Labute approximate surface area is 190 Å². The molecule has 2 aliphatic heterocycles. The summed E-state index contributed by atoms with van der Waals surface area (Å²) in [5, 5.41) is 12.4. The van der Waals surface area contributed by atoms with Gasteiger partial charge in [-0.15, -0.1) is 0 Å². The van der Waals surface area contributed by atoms with Crippen LogP contribution >= 0.6 is 0 Å². The van der Waals surface area contributed by atoms with Crippen LogP contribution in [0.5, 0.6) is 0 Å². The number of hydrogen-bond donors (Lipinski definition) is 1. The van der Waals surface area contributed by atoms with Gasteiger partial charge in [-0.25, -0.2) is 0 Å². The number of amides is 1. The van der Waals surface area contributed by atoms with Crippen molar-refractivity contribution in [2.24, 2.45) is 41.4 Å². The Bertz CT molecular complexity index is 775. The Morgan fingerprint density at radius 1 is 1.22 bits per heavy atom. The summed E-state index contributed by atoms with van der Waals surface area (Å²) in [6, 6.07) is 1.46. The number of fused-ring (bicyclic) bond motifs is 1. The summed E-state index contributed by atoms with van der Waals surface area (Å²) in [4.78, 5) is 38.1.